The third kappa shape index (κ3) is 9.28. The van der Waals surface area contributed by atoms with Gasteiger partial charge < -0.3 is 4.74 Å². The number of halogens is 2. The Morgan fingerprint density at radius 1 is 0.675 bits per heavy atom. The first-order chi connectivity index (χ1) is 19.7. The number of ether oxygens (including phenoxy) is 1. The standard InChI is InChI=1S/C36H51F2NO/c37-35-32-24-29(14-10-5-3-1-2-4-8-12-27-15-16-27)19-20-30(32)25-33(36(35)38)34-22-21-31(26-39-34)40-23-11-7-6-9-13-28-17-18-28/h21-22,25-29H,1-20,23-24H2. The Balaban J connectivity index is 1.02. The van der Waals surface area contributed by atoms with E-state index in [0.29, 0.717) is 36.0 Å². The molecule has 0 N–H and O–H groups in total. The second-order valence-corrected chi connectivity index (χ2v) is 13.2. The largest absolute Gasteiger partial charge is 0.492 e. The first-order valence-corrected chi connectivity index (χ1v) is 16.8. The molecule has 2 nitrogen and oxygen atoms in total. The molecular weight excluding hydrogens is 500 g/mol. The van der Waals surface area contributed by atoms with Crippen LogP contribution in [0.2, 0.25) is 0 Å². The van der Waals surface area contributed by atoms with Gasteiger partial charge in [0.1, 0.15) is 5.75 Å². The molecule has 0 spiro atoms. The number of rotatable bonds is 19. The van der Waals surface area contributed by atoms with Crippen molar-refractivity contribution >= 4 is 0 Å². The van der Waals surface area contributed by atoms with Crippen molar-refractivity contribution in [2.24, 2.45) is 17.8 Å². The molecule has 1 aromatic heterocycles. The second-order valence-electron chi connectivity index (χ2n) is 13.2. The number of benzene rings is 1. The zero-order valence-corrected chi connectivity index (χ0v) is 24.7. The van der Waals surface area contributed by atoms with Gasteiger partial charge >= 0.3 is 0 Å². The molecule has 0 amide bonds. The average molecular weight is 552 g/mol. The molecule has 2 aromatic rings. The van der Waals surface area contributed by atoms with Crippen LogP contribution in [0.4, 0.5) is 8.78 Å². The van der Waals surface area contributed by atoms with Crippen LogP contribution in [-0.2, 0) is 12.8 Å². The van der Waals surface area contributed by atoms with Crippen molar-refractivity contribution < 1.29 is 13.5 Å². The maximum Gasteiger partial charge on any atom is 0.168 e. The Kier molecular flexibility index (Phi) is 11.3. The lowest BCUT2D eigenvalue weighted by atomic mass is 9.80. The zero-order chi connectivity index (χ0) is 27.6. The fraction of sp³-hybridized carbons (Fsp3) is 0.694. The van der Waals surface area contributed by atoms with E-state index in [4.69, 9.17) is 4.74 Å². The lowest BCUT2D eigenvalue weighted by molar-refractivity contribution is 0.303. The van der Waals surface area contributed by atoms with E-state index in [1.807, 2.05) is 12.1 Å². The number of pyridine rings is 1. The highest BCUT2D eigenvalue weighted by atomic mass is 19.2. The summed E-state index contributed by atoms with van der Waals surface area (Å²) < 4.78 is 36.3. The van der Waals surface area contributed by atoms with E-state index in [1.54, 1.807) is 12.3 Å². The summed E-state index contributed by atoms with van der Waals surface area (Å²) in [5.74, 6) is 1.83. The molecule has 5 rings (SSSR count). The number of hydrogen-bond acceptors (Lipinski definition) is 2. The summed E-state index contributed by atoms with van der Waals surface area (Å²) in [5, 5.41) is 0. The van der Waals surface area contributed by atoms with E-state index in [-0.39, 0.29) is 5.56 Å². The van der Waals surface area contributed by atoms with Crippen molar-refractivity contribution in [1.29, 1.82) is 0 Å². The van der Waals surface area contributed by atoms with Crippen LogP contribution in [-0.4, -0.2) is 11.6 Å². The maximum atomic E-state index is 15.2. The molecular formula is C36H51F2NO. The van der Waals surface area contributed by atoms with Gasteiger partial charge in [-0.3, -0.25) is 4.98 Å². The van der Waals surface area contributed by atoms with Crippen LogP contribution >= 0.6 is 0 Å². The topological polar surface area (TPSA) is 22.1 Å². The highest BCUT2D eigenvalue weighted by Gasteiger charge is 2.26. The highest BCUT2D eigenvalue weighted by Crippen LogP contribution is 2.37. The Labute approximate surface area is 241 Å². The first-order valence-electron chi connectivity index (χ1n) is 16.8. The van der Waals surface area contributed by atoms with Crippen molar-refractivity contribution in [2.45, 2.75) is 135 Å². The third-order valence-electron chi connectivity index (χ3n) is 9.62. The lowest BCUT2D eigenvalue weighted by Gasteiger charge is -2.26. The van der Waals surface area contributed by atoms with Crippen LogP contribution in [0.5, 0.6) is 5.75 Å². The van der Waals surface area contributed by atoms with E-state index < -0.39 is 11.6 Å². The van der Waals surface area contributed by atoms with E-state index in [0.717, 1.165) is 43.1 Å². The maximum absolute atomic E-state index is 15.2. The predicted molar refractivity (Wildman–Crippen MR) is 161 cm³/mol. The van der Waals surface area contributed by atoms with Crippen molar-refractivity contribution in [3.05, 3.63) is 47.2 Å². The third-order valence-corrected chi connectivity index (χ3v) is 9.62. The molecule has 0 aliphatic heterocycles. The predicted octanol–water partition coefficient (Wildman–Crippen LogP) is 10.8. The number of aromatic nitrogens is 1. The number of unbranched alkanes of at least 4 members (excludes halogenated alkanes) is 9. The van der Waals surface area contributed by atoms with Gasteiger partial charge in [-0.25, -0.2) is 8.78 Å². The molecule has 220 valence electrons. The van der Waals surface area contributed by atoms with Gasteiger partial charge in [0.15, 0.2) is 11.6 Å². The Bertz CT molecular complexity index is 1040. The molecule has 3 aliphatic rings. The van der Waals surface area contributed by atoms with Gasteiger partial charge in [0.05, 0.1) is 18.5 Å². The summed E-state index contributed by atoms with van der Waals surface area (Å²) in [4.78, 5) is 4.43. The van der Waals surface area contributed by atoms with E-state index in [9.17, 15) is 0 Å². The van der Waals surface area contributed by atoms with Crippen LogP contribution in [0.1, 0.15) is 133 Å². The molecule has 4 heteroatoms. The monoisotopic (exact) mass is 551 g/mol. The van der Waals surface area contributed by atoms with E-state index in [1.165, 1.54) is 103 Å². The normalized spacial score (nSPS) is 18.6. The summed E-state index contributed by atoms with van der Waals surface area (Å²) in [6, 6.07) is 5.43. The van der Waals surface area contributed by atoms with Gasteiger partial charge in [-0.2, -0.15) is 0 Å². The fourth-order valence-corrected chi connectivity index (χ4v) is 6.61. The molecule has 1 unspecified atom stereocenters. The minimum Gasteiger partial charge on any atom is -0.492 e. The molecule has 1 aromatic carbocycles. The Morgan fingerprint density at radius 3 is 1.88 bits per heavy atom. The van der Waals surface area contributed by atoms with Crippen LogP contribution in [0, 0.1) is 29.4 Å². The van der Waals surface area contributed by atoms with Crippen LogP contribution in [0.3, 0.4) is 0 Å². The van der Waals surface area contributed by atoms with E-state index in [2.05, 4.69) is 4.98 Å². The molecule has 2 fully saturated rings. The molecule has 40 heavy (non-hydrogen) atoms. The summed E-state index contributed by atoms with van der Waals surface area (Å²) in [7, 11) is 0. The van der Waals surface area contributed by atoms with Crippen LogP contribution < -0.4 is 4.74 Å². The molecule has 0 radical (unpaired) electrons. The summed E-state index contributed by atoms with van der Waals surface area (Å²) >= 11 is 0. The Hall–Kier alpha value is -1.97. The Morgan fingerprint density at radius 2 is 1.27 bits per heavy atom. The van der Waals surface area contributed by atoms with Crippen LogP contribution in [0.15, 0.2) is 24.4 Å². The van der Waals surface area contributed by atoms with Gasteiger partial charge in [0, 0.05) is 5.56 Å². The molecule has 3 aliphatic carbocycles. The van der Waals surface area contributed by atoms with E-state index >= 15 is 8.78 Å². The number of aryl methyl sites for hydroxylation is 1. The van der Waals surface area contributed by atoms with Crippen molar-refractivity contribution in [3.63, 3.8) is 0 Å². The minimum absolute atomic E-state index is 0.272. The lowest BCUT2D eigenvalue weighted by Crippen LogP contribution is -2.17. The first kappa shape index (κ1) is 29.5. The minimum atomic E-state index is -0.756. The quantitative estimate of drug-likeness (QED) is 0.162. The summed E-state index contributed by atoms with van der Waals surface area (Å²) in [5.41, 5.74) is 2.31. The molecule has 1 atom stereocenters. The molecule has 0 bridgehead atoms. The number of hydrogen-bond donors (Lipinski definition) is 0. The zero-order valence-electron chi connectivity index (χ0n) is 24.7. The smallest absolute Gasteiger partial charge is 0.168 e. The summed E-state index contributed by atoms with van der Waals surface area (Å²) in [6.07, 6.45) is 28.2. The number of nitrogens with zero attached hydrogens (tertiary/aromatic N) is 1. The highest BCUT2D eigenvalue weighted by molar-refractivity contribution is 5.63. The van der Waals surface area contributed by atoms with Gasteiger partial charge in [-0.15, -0.1) is 0 Å². The molecule has 2 saturated carbocycles. The fourth-order valence-electron chi connectivity index (χ4n) is 6.61. The molecule has 1 heterocycles. The SMILES string of the molecule is Fc1c(-c2ccc(OCCCCCCC3CC3)cn2)cc2c(c1F)CC(CCCCCCCCCC1CC1)CC2. The molecule has 0 saturated heterocycles. The van der Waals surface area contributed by atoms with Gasteiger partial charge in [-0.1, -0.05) is 109 Å². The second kappa shape index (κ2) is 15.3. The van der Waals surface area contributed by atoms with Gasteiger partial charge in [0.25, 0.3) is 0 Å². The summed E-state index contributed by atoms with van der Waals surface area (Å²) in [6.45, 7) is 0.674. The van der Waals surface area contributed by atoms with Crippen molar-refractivity contribution in [3.8, 4) is 17.0 Å². The van der Waals surface area contributed by atoms with Gasteiger partial charge in [-0.05, 0) is 72.8 Å². The average Bonchev–Trinajstić information content (AvgIpc) is 3.90. The van der Waals surface area contributed by atoms with Gasteiger partial charge in [0.2, 0.25) is 0 Å². The van der Waals surface area contributed by atoms with Crippen molar-refractivity contribution in [1.82, 2.24) is 4.98 Å². The van der Waals surface area contributed by atoms with Crippen LogP contribution in [0.25, 0.3) is 11.3 Å². The van der Waals surface area contributed by atoms with Crippen molar-refractivity contribution in [2.75, 3.05) is 6.61 Å². The number of fused-ring (bicyclic) bond motifs is 1.